The van der Waals surface area contributed by atoms with Gasteiger partial charge in [0, 0.05) is 35.3 Å². The van der Waals surface area contributed by atoms with Gasteiger partial charge in [-0.2, -0.15) is 4.57 Å². The first-order valence-corrected chi connectivity index (χ1v) is 8.75. The van der Waals surface area contributed by atoms with Crippen molar-refractivity contribution >= 4 is 21.8 Å². The van der Waals surface area contributed by atoms with Crippen molar-refractivity contribution in [2.45, 2.75) is 0 Å². The van der Waals surface area contributed by atoms with E-state index >= 15 is 0 Å². The highest BCUT2D eigenvalue weighted by atomic mass is 15.0. The molecule has 2 nitrogen and oxygen atoms in total. The molecule has 0 unspecified atom stereocenters. The Morgan fingerprint density at radius 2 is 1.35 bits per heavy atom. The molecule has 0 radical (unpaired) electrons. The minimum atomic E-state index is 1.01. The van der Waals surface area contributed by atoms with Crippen LogP contribution >= 0.6 is 0 Å². The number of hydrogen-bond acceptors (Lipinski definition) is 1. The van der Waals surface area contributed by atoms with E-state index in [0.717, 1.165) is 16.6 Å². The summed E-state index contributed by atoms with van der Waals surface area (Å²) >= 11 is 0. The van der Waals surface area contributed by atoms with Crippen LogP contribution < -0.4 is 4.57 Å². The van der Waals surface area contributed by atoms with Gasteiger partial charge in [0.2, 0.25) is 16.9 Å². The van der Waals surface area contributed by atoms with Gasteiger partial charge in [0.05, 0.1) is 10.9 Å². The number of hydrogen-bond donors (Lipinski definition) is 0. The van der Waals surface area contributed by atoms with E-state index in [1.54, 1.807) is 0 Å². The van der Waals surface area contributed by atoms with E-state index in [-0.39, 0.29) is 0 Å². The molecule has 0 fully saturated rings. The number of aromatic nitrogens is 2. The van der Waals surface area contributed by atoms with Gasteiger partial charge in [-0.15, -0.1) is 0 Å². The van der Waals surface area contributed by atoms with Crippen LogP contribution in [0.3, 0.4) is 0 Å². The Bertz CT molecular complexity index is 1210. The second-order valence-electron chi connectivity index (χ2n) is 6.33. The molecule has 0 aliphatic carbocycles. The molecule has 0 atom stereocenters. The molecule has 26 heavy (non-hydrogen) atoms. The quantitative estimate of drug-likeness (QED) is 0.315. The van der Waals surface area contributed by atoms with Gasteiger partial charge in [-0.05, 0) is 42.5 Å². The Kier molecular flexibility index (Phi) is 3.46. The third-order valence-electron chi connectivity index (χ3n) is 4.76. The molecule has 0 N–H and O–H groups in total. The predicted octanol–water partition coefficient (Wildman–Crippen LogP) is 5.33. The Hall–Kier alpha value is -3.52. The van der Waals surface area contributed by atoms with Crippen LogP contribution in [0.15, 0.2) is 103 Å². The fourth-order valence-electron chi connectivity index (χ4n) is 3.58. The van der Waals surface area contributed by atoms with Crippen LogP contribution in [-0.4, -0.2) is 4.98 Å². The van der Waals surface area contributed by atoms with Crippen LogP contribution in [0.5, 0.6) is 0 Å². The van der Waals surface area contributed by atoms with Crippen LogP contribution in [0, 0.1) is 0 Å². The van der Waals surface area contributed by atoms with E-state index in [0.29, 0.717) is 0 Å². The zero-order valence-corrected chi connectivity index (χ0v) is 14.2. The lowest BCUT2D eigenvalue weighted by molar-refractivity contribution is -0.554. The summed E-state index contributed by atoms with van der Waals surface area (Å²) in [5, 5.41) is 2.36. The number of pyridine rings is 2. The summed E-state index contributed by atoms with van der Waals surface area (Å²) in [5.74, 6) is 0. The maximum absolute atomic E-state index is 4.56. The largest absolute Gasteiger partial charge is 0.256 e. The standard InChI is InChI=1S/C24H17N2/c1-3-8-18(9-4-1)23-16-14-19-13-15-22-21(12-7-17-25-22)24(19)26(23)20-10-5-2-6-11-20/h1-17H/q+1. The zero-order chi connectivity index (χ0) is 17.3. The SMILES string of the molecule is c1ccc(-c2ccc3ccc4ncccc4c3[n+]2-c2ccccc2)cc1. The van der Waals surface area contributed by atoms with Crippen molar-refractivity contribution in [2.75, 3.05) is 0 Å². The first kappa shape index (κ1) is 14.8. The van der Waals surface area contributed by atoms with Gasteiger partial charge in [-0.25, -0.2) is 0 Å². The lowest BCUT2D eigenvalue weighted by Crippen LogP contribution is -2.34. The molecule has 5 aromatic rings. The molecular formula is C24H17N2+. The molecule has 0 spiro atoms. The summed E-state index contributed by atoms with van der Waals surface area (Å²) in [6.07, 6.45) is 1.85. The fourth-order valence-corrected chi connectivity index (χ4v) is 3.58. The molecule has 0 saturated heterocycles. The Morgan fingerprint density at radius 3 is 2.15 bits per heavy atom. The topological polar surface area (TPSA) is 16.8 Å². The van der Waals surface area contributed by atoms with Crippen molar-refractivity contribution in [3.05, 3.63) is 103 Å². The highest BCUT2D eigenvalue weighted by molar-refractivity contribution is 6.02. The van der Waals surface area contributed by atoms with Crippen molar-refractivity contribution in [3.8, 4) is 16.9 Å². The summed E-state index contributed by atoms with van der Waals surface area (Å²) in [5.41, 5.74) is 5.70. The summed E-state index contributed by atoms with van der Waals surface area (Å²) < 4.78 is 2.34. The van der Waals surface area contributed by atoms with Crippen molar-refractivity contribution in [1.82, 2.24) is 4.98 Å². The summed E-state index contributed by atoms with van der Waals surface area (Å²) in [7, 11) is 0. The molecule has 0 amide bonds. The van der Waals surface area contributed by atoms with Crippen molar-refractivity contribution in [3.63, 3.8) is 0 Å². The number of rotatable bonds is 2. The van der Waals surface area contributed by atoms with E-state index in [4.69, 9.17) is 0 Å². The number of nitrogens with zero attached hydrogens (tertiary/aromatic N) is 2. The highest BCUT2D eigenvalue weighted by Gasteiger charge is 2.22. The van der Waals surface area contributed by atoms with Gasteiger partial charge in [0.15, 0.2) is 0 Å². The first-order valence-electron chi connectivity index (χ1n) is 8.75. The number of para-hydroxylation sites is 1. The number of benzene rings is 3. The minimum absolute atomic E-state index is 1.01. The molecule has 122 valence electrons. The molecular weight excluding hydrogens is 316 g/mol. The van der Waals surface area contributed by atoms with Crippen LogP contribution in [0.25, 0.3) is 38.8 Å². The summed E-state index contributed by atoms with van der Waals surface area (Å²) in [6, 6.07) is 33.9. The predicted molar refractivity (Wildman–Crippen MR) is 106 cm³/mol. The lowest BCUT2D eigenvalue weighted by atomic mass is 10.0. The Labute approximate surface area is 152 Å². The van der Waals surface area contributed by atoms with E-state index in [9.17, 15) is 0 Å². The molecule has 0 aliphatic rings. The van der Waals surface area contributed by atoms with Gasteiger partial charge < -0.3 is 0 Å². The van der Waals surface area contributed by atoms with Crippen LogP contribution in [-0.2, 0) is 0 Å². The van der Waals surface area contributed by atoms with Crippen molar-refractivity contribution < 1.29 is 4.57 Å². The Balaban J connectivity index is 1.99. The smallest absolute Gasteiger partial charge is 0.228 e. The second kappa shape index (κ2) is 6.08. The molecule has 2 heterocycles. The van der Waals surface area contributed by atoms with Crippen molar-refractivity contribution in [1.29, 1.82) is 0 Å². The average Bonchev–Trinajstić information content (AvgIpc) is 2.74. The number of fused-ring (bicyclic) bond motifs is 3. The molecule has 5 rings (SSSR count). The second-order valence-corrected chi connectivity index (χ2v) is 6.33. The van der Waals surface area contributed by atoms with E-state index in [1.807, 2.05) is 12.3 Å². The highest BCUT2D eigenvalue weighted by Crippen LogP contribution is 2.26. The summed E-state index contributed by atoms with van der Waals surface area (Å²) in [4.78, 5) is 4.56. The molecule has 0 saturated carbocycles. The lowest BCUT2D eigenvalue weighted by Gasteiger charge is -2.09. The molecule has 2 heteroatoms. The third kappa shape index (κ3) is 2.35. The van der Waals surface area contributed by atoms with Gasteiger partial charge in [-0.1, -0.05) is 36.4 Å². The average molecular weight is 333 g/mol. The van der Waals surface area contributed by atoms with E-state index < -0.39 is 0 Å². The van der Waals surface area contributed by atoms with Crippen molar-refractivity contribution in [2.24, 2.45) is 0 Å². The molecule has 0 aliphatic heterocycles. The molecule has 3 aromatic carbocycles. The van der Waals surface area contributed by atoms with E-state index in [2.05, 4.69) is 101 Å². The van der Waals surface area contributed by atoms with Gasteiger partial charge in [0.1, 0.15) is 0 Å². The monoisotopic (exact) mass is 333 g/mol. The maximum atomic E-state index is 4.56. The van der Waals surface area contributed by atoms with E-state index in [1.165, 1.54) is 22.2 Å². The van der Waals surface area contributed by atoms with Gasteiger partial charge in [0.25, 0.3) is 0 Å². The van der Waals surface area contributed by atoms with Crippen LogP contribution in [0.4, 0.5) is 0 Å². The first-order chi connectivity index (χ1) is 12.9. The molecule has 0 bridgehead atoms. The third-order valence-corrected chi connectivity index (χ3v) is 4.76. The molecule has 2 aromatic heterocycles. The minimum Gasteiger partial charge on any atom is -0.256 e. The zero-order valence-electron chi connectivity index (χ0n) is 14.2. The van der Waals surface area contributed by atoms with Crippen LogP contribution in [0.2, 0.25) is 0 Å². The normalized spacial score (nSPS) is 11.1. The van der Waals surface area contributed by atoms with Gasteiger partial charge >= 0.3 is 0 Å². The Morgan fingerprint density at radius 1 is 0.615 bits per heavy atom. The maximum Gasteiger partial charge on any atom is 0.228 e. The fraction of sp³-hybridized carbons (Fsp3) is 0. The summed E-state index contributed by atoms with van der Waals surface area (Å²) in [6.45, 7) is 0. The van der Waals surface area contributed by atoms with Crippen LogP contribution in [0.1, 0.15) is 0 Å². The van der Waals surface area contributed by atoms with Gasteiger partial charge in [-0.3, -0.25) is 4.98 Å².